The second kappa shape index (κ2) is 10.1. The van der Waals surface area contributed by atoms with E-state index in [2.05, 4.69) is 5.32 Å². The van der Waals surface area contributed by atoms with E-state index in [9.17, 15) is 17.6 Å². The highest BCUT2D eigenvalue weighted by Gasteiger charge is 2.18. The highest BCUT2D eigenvalue weighted by Crippen LogP contribution is 2.27. The van der Waals surface area contributed by atoms with Crippen molar-refractivity contribution in [2.75, 3.05) is 31.3 Å². The molecule has 0 radical (unpaired) electrons. The third-order valence-corrected chi connectivity index (χ3v) is 5.39. The highest BCUT2D eigenvalue weighted by atomic mass is 32.2. The van der Waals surface area contributed by atoms with E-state index in [4.69, 9.17) is 9.47 Å². The predicted octanol–water partition coefficient (Wildman–Crippen LogP) is 2.71. The molecule has 0 aliphatic rings. The topological polar surface area (TPSA) is 84.9 Å². The van der Waals surface area contributed by atoms with Crippen molar-refractivity contribution in [2.24, 2.45) is 0 Å². The number of methoxy groups -OCH3 is 2. The first kappa shape index (κ1) is 22.5. The Labute approximate surface area is 170 Å². The number of halogens is 1. The van der Waals surface area contributed by atoms with Gasteiger partial charge in [-0.05, 0) is 42.3 Å². The van der Waals surface area contributed by atoms with Crippen LogP contribution in [0.25, 0.3) is 0 Å². The Morgan fingerprint density at radius 3 is 2.45 bits per heavy atom. The van der Waals surface area contributed by atoms with Crippen molar-refractivity contribution in [1.29, 1.82) is 0 Å². The van der Waals surface area contributed by atoms with Crippen LogP contribution in [0, 0.1) is 5.82 Å². The van der Waals surface area contributed by atoms with Crippen LogP contribution in [0.3, 0.4) is 0 Å². The van der Waals surface area contributed by atoms with E-state index in [1.807, 2.05) is 6.07 Å². The molecular weight excluding hydrogens is 399 g/mol. The Kier molecular flexibility index (Phi) is 7.83. The monoisotopic (exact) mass is 424 g/mol. The van der Waals surface area contributed by atoms with Crippen molar-refractivity contribution in [1.82, 2.24) is 5.32 Å². The van der Waals surface area contributed by atoms with Gasteiger partial charge < -0.3 is 14.8 Å². The lowest BCUT2D eigenvalue weighted by Crippen LogP contribution is -2.32. The second-order valence-electron chi connectivity index (χ2n) is 6.38. The average Bonchev–Trinajstić information content (AvgIpc) is 2.68. The van der Waals surface area contributed by atoms with Crippen molar-refractivity contribution < 1.29 is 27.1 Å². The van der Waals surface area contributed by atoms with Crippen LogP contribution in [-0.4, -0.2) is 41.3 Å². The van der Waals surface area contributed by atoms with Gasteiger partial charge in [0.2, 0.25) is 15.9 Å². The Hall–Kier alpha value is -2.81. The maximum Gasteiger partial charge on any atom is 0.232 e. The van der Waals surface area contributed by atoms with Crippen LogP contribution in [-0.2, 0) is 21.4 Å². The number of anilines is 1. The Morgan fingerprint density at radius 1 is 1.10 bits per heavy atom. The normalized spacial score (nSPS) is 11.0. The molecule has 0 aliphatic carbocycles. The molecule has 0 aromatic heterocycles. The summed E-state index contributed by atoms with van der Waals surface area (Å²) in [5.41, 5.74) is 1.08. The third kappa shape index (κ3) is 6.63. The van der Waals surface area contributed by atoms with Gasteiger partial charge in [0.15, 0.2) is 11.5 Å². The summed E-state index contributed by atoms with van der Waals surface area (Å²) in [6.07, 6.45) is 1.48. The van der Waals surface area contributed by atoms with E-state index in [-0.39, 0.29) is 24.6 Å². The smallest absolute Gasteiger partial charge is 0.232 e. The van der Waals surface area contributed by atoms with Gasteiger partial charge in [-0.15, -0.1) is 0 Å². The summed E-state index contributed by atoms with van der Waals surface area (Å²) in [5.74, 6) is 0.426. The first-order valence-electron chi connectivity index (χ1n) is 8.95. The summed E-state index contributed by atoms with van der Waals surface area (Å²) in [6, 6.07) is 10.7. The standard InChI is InChI=1S/C20H25FN2O5S/c1-27-18-10-9-15(12-19(18)28-2)14-22-20(24)8-5-11-23(29(3,25)26)17-7-4-6-16(21)13-17/h4,6-7,9-10,12-13H,5,8,11,14H2,1-3H3,(H,22,24). The van der Waals surface area contributed by atoms with Gasteiger partial charge in [0.05, 0.1) is 26.2 Å². The van der Waals surface area contributed by atoms with Gasteiger partial charge in [0.1, 0.15) is 5.82 Å². The Morgan fingerprint density at radius 2 is 1.83 bits per heavy atom. The lowest BCUT2D eigenvalue weighted by atomic mass is 10.2. The average molecular weight is 424 g/mol. The van der Waals surface area contributed by atoms with Gasteiger partial charge in [-0.1, -0.05) is 12.1 Å². The molecule has 0 saturated heterocycles. The van der Waals surface area contributed by atoms with Crippen molar-refractivity contribution in [3.63, 3.8) is 0 Å². The van der Waals surface area contributed by atoms with Crippen LogP contribution in [0.1, 0.15) is 18.4 Å². The molecule has 0 heterocycles. The lowest BCUT2D eigenvalue weighted by molar-refractivity contribution is -0.121. The van der Waals surface area contributed by atoms with E-state index in [1.165, 1.54) is 25.3 Å². The van der Waals surface area contributed by atoms with Gasteiger partial charge in [0.25, 0.3) is 0 Å². The summed E-state index contributed by atoms with van der Waals surface area (Å²) < 4.78 is 49.0. The number of rotatable bonds is 10. The fourth-order valence-corrected chi connectivity index (χ4v) is 3.74. The van der Waals surface area contributed by atoms with Crippen molar-refractivity contribution in [2.45, 2.75) is 19.4 Å². The molecule has 0 saturated carbocycles. The molecular formula is C20H25FN2O5S. The van der Waals surface area contributed by atoms with Gasteiger partial charge in [-0.3, -0.25) is 9.10 Å². The van der Waals surface area contributed by atoms with E-state index in [0.717, 1.165) is 22.2 Å². The molecule has 158 valence electrons. The largest absolute Gasteiger partial charge is 0.493 e. The first-order chi connectivity index (χ1) is 13.7. The fourth-order valence-electron chi connectivity index (χ4n) is 2.78. The molecule has 0 spiro atoms. The molecule has 1 N–H and O–H groups in total. The lowest BCUT2D eigenvalue weighted by Gasteiger charge is -2.22. The fraction of sp³-hybridized carbons (Fsp3) is 0.350. The number of amides is 1. The maximum atomic E-state index is 13.4. The molecule has 29 heavy (non-hydrogen) atoms. The molecule has 0 bridgehead atoms. The number of nitrogens with one attached hydrogen (secondary N) is 1. The van der Waals surface area contributed by atoms with Crippen LogP contribution in [0.15, 0.2) is 42.5 Å². The predicted molar refractivity (Wildman–Crippen MR) is 109 cm³/mol. The van der Waals surface area contributed by atoms with E-state index < -0.39 is 15.8 Å². The minimum atomic E-state index is -3.59. The molecule has 2 aromatic rings. The van der Waals surface area contributed by atoms with Crippen LogP contribution in [0.5, 0.6) is 11.5 Å². The van der Waals surface area contributed by atoms with Crippen LogP contribution in [0.4, 0.5) is 10.1 Å². The Balaban J connectivity index is 1.89. The molecule has 7 nitrogen and oxygen atoms in total. The summed E-state index contributed by atoms with van der Waals surface area (Å²) in [4.78, 5) is 12.1. The molecule has 0 atom stereocenters. The second-order valence-corrected chi connectivity index (χ2v) is 8.29. The summed E-state index contributed by atoms with van der Waals surface area (Å²) in [6.45, 7) is 0.380. The van der Waals surface area contributed by atoms with Crippen molar-refractivity contribution >= 4 is 21.6 Å². The maximum absolute atomic E-state index is 13.4. The van der Waals surface area contributed by atoms with Gasteiger partial charge >= 0.3 is 0 Å². The summed E-state index contributed by atoms with van der Waals surface area (Å²) in [5, 5.41) is 2.79. The van der Waals surface area contributed by atoms with Crippen LogP contribution in [0.2, 0.25) is 0 Å². The van der Waals surface area contributed by atoms with Gasteiger partial charge in [-0.25, -0.2) is 12.8 Å². The number of hydrogen-bond donors (Lipinski definition) is 1. The highest BCUT2D eigenvalue weighted by molar-refractivity contribution is 7.92. The number of hydrogen-bond acceptors (Lipinski definition) is 5. The quantitative estimate of drug-likeness (QED) is 0.634. The minimum Gasteiger partial charge on any atom is -0.493 e. The first-order valence-corrected chi connectivity index (χ1v) is 10.8. The molecule has 9 heteroatoms. The van der Waals surface area contributed by atoms with Gasteiger partial charge in [0, 0.05) is 19.5 Å². The van der Waals surface area contributed by atoms with Crippen LogP contribution < -0.4 is 19.1 Å². The number of benzene rings is 2. The van der Waals surface area contributed by atoms with E-state index in [0.29, 0.717) is 24.5 Å². The molecule has 1 amide bonds. The molecule has 0 unspecified atom stereocenters. The number of ether oxygens (including phenoxy) is 2. The number of carbonyl (C=O) groups excluding carboxylic acids is 1. The number of nitrogens with zero attached hydrogens (tertiary/aromatic N) is 1. The zero-order valence-electron chi connectivity index (χ0n) is 16.6. The molecule has 0 aliphatic heterocycles. The molecule has 0 fully saturated rings. The number of carbonyl (C=O) groups is 1. The molecule has 2 aromatic carbocycles. The van der Waals surface area contributed by atoms with E-state index >= 15 is 0 Å². The summed E-state index contributed by atoms with van der Waals surface area (Å²) >= 11 is 0. The summed E-state index contributed by atoms with van der Waals surface area (Å²) in [7, 11) is -0.514. The SMILES string of the molecule is COc1ccc(CNC(=O)CCCN(c2cccc(F)c2)S(C)(=O)=O)cc1OC. The zero-order valence-corrected chi connectivity index (χ0v) is 17.5. The Bertz CT molecular complexity index is 950. The van der Waals surface area contributed by atoms with Crippen molar-refractivity contribution in [3.05, 3.63) is 53.8 Å². The zero-order chi connectivity index (χ0) is 21.4. The van der Waals surface area contributed by atoms with Gasteiger partial charge in [-0.2, -0.15) is 0 Å². The minimum absolute atomic E-state index is 0.0755. The van der Waals surface area contributed by atoms with Crippen molar-refractivity contribution in [3.8, 4) is 11.5 Å². The third-order valence-electron chi connectivity index (χ3n) is 4.20. The molecule has 2 rings (SSSR count). The number of sulfonamides is 1. The van der Waals surface area contributed by atoms with E-state index in [1.54, 1.807) is 19.2 Å². The van der Waals surface area contributed by atoms with Crippen LogP contribution >= 0.6 is 0 Å².